The number of aromatic nitrogens is 4. The first-order valence-corrected chi connectivity index (χ1v) is 7.34. The van der Waals surface area contributed by atoms with Gasteiger partial charge in [-0.05, 0) is 6.92 Å². The van der Waals surface area contributed by atoms with Crippen molar-refractivity contribution in [2.75, 3.05) is 6.61 Å². The molecule has 0 amide bonds. The monoisotopic (exact) mass is 322 g/mol. The van der Waals surface area contributed by atoms with E-state index in [1.165, 1.54) is 10.9 Å². The van der Waals surface area contributed by atoms with Crippen molar-refractivity contribution in [1.29, 1.82) is 0 Å². The molecule has 1 saturated carbocycles. The van der Waals surface area contributed by atoms with Gasteiger partial charge in [0.15, 0.2) is 17.4 Å². The van der Waals surface area contributed by atoms with E-state index in [1.54, 1.807) is 20.8 Å². The molecular formula is C14H18N4O5. The van der Waals surface area contributed by atoms with E-state index >= 15 is 0 Å². The summed E-state index contributed by atoms with van der Waals surface area (Å²) in [4.78, 5) is 22.8. The molecule has 4 rings (SSSR count). The van der Waals surface area contributed by atoms with Crippen molar-refractivity contribution in [2.24, 2.45) is 5.41 Å². The summed E-state index contributed by atoms with van der Waals surface area (Å²) >= 11 is 0. The van der Waals surface area contributed by atoms with Crippen LogP contribution < -0.4 is 5.56 Å². The summed E-state index contributed by atoms with van der Waals surface area (Å²) < 4.78 is 7.10. The third kappa shape index (κ3) is 1.36. The van der Waals surface area contributed by atoms with Gasteiger partial charge in [0.05, 0.1) is 12.9 Å². The van der Waals surface area contributed by atoms with E-state index in [-0.39, 0.29) is 16.7 Å². The van der Waals surface area contributed by atoms with Gasteiger partial charge in [-0.2, -0.15) is 0 Å². The molecule has 4 atom stereocenters. The highest BCUT2D eigenvalue weighted by Crippen LogP contribution is 2.75. The number of aliphatic hydroxyl groups is 3. The fourth-order valence-corrected chi connectivity index (χ4v) is 4.04. The molecule has 1 aliphatic heterocycles. The Kier molecular flexibility index (Phi) is 2.56. The standard InChI is InChI=1S/C14H18N4O5/c1-6-16-9-8(10(20)17-6)15-5-18(9)11-14(22)12(2,3)13(14,21)7(4-19)23-11/h5,7,11,19,21-22H,4H2,1-3H3,(H,16,17,20)/t7-,11-,13+,14-/m1/s1. The molecule has 2 fully saturated rings. The second kappa shape index (κ2) is 3.99. The number of aryl methyl sites for hydroxylation is 1. The molecule has 9 nitrogen and oxygen atoms in total. The molecular weight excluding hydrogens is 304 g/mol. The Labute approximate surface area is 130 Å². The number of hydrogen-bond acceptors (Lipinski definition) is 7. The number of hydrogen-bond donors (Lipinski definition) is 4. The Balaban J connectivity index is 1.92. The molecule has 2 aromatic rings. The lowest BCUT2D eigenvalue weighted by atomic mass is 10.0. The molecule has 1 aliphatic carbocycles. The van der Waals surface area contributed by atoms with Crippen molar-refractivity contribution in [1.82, 2.24) is 19.5 Å². The normalized spacial score (nSPS) is 38.0. The van der Waals surface area contributed by atoms with Crippen molar-refractivity contribution >= 4 is 11.2 Å². The number of aromatic amines is 1. The van der Waals surface area contributed by atoms with Crippen LogP contribution in [0.3, 0.4) is 0 Å². The third-order valence-electron chi connectivity index (χ3n) is 5.51. The van der Waals surface area contributed by atoms with Crippen molar-refractivity contribution < 1.29 is 20.1 Å². The first-order chi connectivity index (χ1) is 10.7. The molecule has 0 radical (unpaired) electrons. The zero-order valence-electron chi connectivity index (χ0n) is 12.9. The van der Waals surface area contributed by atoms with Crippen molar-refractivity contribution in [3.8, 4) is 0 Å². The molecule has 3 heterocycles. The van der Waals surface area contributed by atoms with Crippen LogP contribution in [-0.2, 0) is 4.74 Å². The number of imidazole rings is 1. The molecule has 0 unspecified atom stereocenters. The summed E-state index contributed by atoms with van der Waals surface area (Å²) in [5.41, 5.74) is -4.08. The molecule has 0 aromatic carbocycles. The largest absolute Gasteiger partial charge is 0.394 e. The highest BCUT2D eigenvalue weighted by Gasteiger charge is 2.92. The number of aliphatic hydroxyl groups excluding tert-OH is 1. The lowest BCUT2D eigenvalue weighted by molar-refractivity contribution is -0.123. The van der Waals surface area contributed by atoms with Crippen LogP contribution in [0.2, 0.25) is 0 Å². The summed E-state index contributed by atoms with van der Waals surface area (Å²) in [7, 11) is 0. The zero-order chi connectivity index (χ0) is 16.8. The first kappa shape index (κ1) is 14.8. The van der Waals surface area contributed by atoms with Crippen LogP contribution in [0, 0.1) is 12.3 Å². The summed E-state index contributed by atoms with van der Waals surface area (Å²) in [6.07, 6.45) is -0.588. The lowest BCUT2D eigenvalue weighted by Crippen LogP contribution is -2.36. The fourth-order valence-electron chi connectivity index (χ4n) is 4.04. The number of nitrogens with zero attached hydrogens (tertiary/aromatic N) is 3. The number of ether oxygens (including phenoxy) is 1. The molecule has 9 heteroatoms. The Morgan fingerprint density at radius 1 is 1.39 bits per heavy atom. The maximum atomic E-state index is 11.9. The number of rotatable bonds is 2. The van der Waals surface area contributed by atoms with Crippen LogP contribution in [0.4, 0.5) is 0 Å². The first-order valence-electron chi connectivity index (χ1n) is 7.34. The Hall–Kier alpha value is -1.81. The van der Waals surface area contributed by atoms with Gasteiger partial charge in [-0.3, -0.25) is 9.36 Å². The van der Waals surface area contributed by atoms with E-state index in [0.29, 0.717) is 5.82 Å². The SMILES string of the molecule is Cc1nc2c(ncn2[C@@H]2O[C@H](CO)[C@]3(O)C(C)(C)[C@]23O)c(=O)[nH]1. The zero-order valence-corrected chi connectivity index (χ0v) is 12.9. The predicted molar refractivity (Wildman–Crippen MR) is 77.6 cm³/mol. The van der Waals surface area contributed by atoms with Crippen molar-refractivity contribution in [2.45, 2.75) is 44.3 Å². The summed E-state index contributed by atoms with van der Waals surface area (Å²) in [6.45, 7) is 4.61. The molecule has 0 bridgehead atoms. The highest BCUT2D eigenvalue weighted by atomic mass is 16.6. The van der Waals surface area contributed by atoms with E-state index in [4.69, 9.17) is 4.74 Å². The number of fused-ring (bicyclic) bond motifs is 2. The van der Waals surface area contributed by atoms with Crippen LogP contribution in [0.1, 0.15) is 25.9 Å². The van der Waals surface area contributed by atoms with E-state index in [2.05, 4.69) is 15.0 Å². The van der Waals surface area contributed by atoms with Gasteiger partial charge in [-0.15, -0.1) is 0 Å². The second-order valence-corrected chi connectivity index (χ2v) is 6.79. The topological polar surface area (TPSA) is 133 Å². The predicted octanol–water partition coefficient (Wildman–Crippen LogP) is -1.18. The Morgan fingerprint density at radius 2 is 2.09 bits per heavy atom. The Morgan fingerprint density at radius 3 is 2.70 bits per heavy atom. The van der Waals surface area contributed by atoms with Gasteiger partial charge >= 0.3 is 0 Å². The Bertz CT molecular complexity index is 874. The van der Waals surface area contributed by atoms with Crippen LogP contribution in [0.5, 0.6) is 0 Å². The molecule has 0 spiro atoms. The van der Waals surface area contributed by atoms with Crippen LogP contribution >= 0.6 is 0 Å². The smallest absolute Gasteiger partial charge is 0.279 e. The second-order valence-electron chi connectivity index (χ2n) is 6.79. The minimum atomic E-state index is -1.61. The number of nitrogens with one attached hydrogen (secondary N) is 1. The molecule has 2 aromatic heterocycles. The van der Waals surface area contributed by atoms with E-state index in [1.807, 2.05) is 0 Å². The summed E-state index contributed by atoms with van der Waals surface area (Å²) in [6, 6.07) is 0. The minimum Gasteiger partial charge on any atom is -0.394 e. The van der Waals surface area contributed by atoms with Crippen LogP contribution in [0.25, 0.3) is 11.2 Å². The molecule has 2 aliphatic rings. The van der Waals surface area contributed by atoms with Crippen LogP contribution in [-0.4, -0.2) is 58.8 Å². The average molecular weight is 322 g/mol. The molecule has 4 N–H and O–H groups in total. The van der Waals surface area contributed by atoms with Crippen molar-refractivity contribution in [3.05, 3.63) is 22.5 Å². The fraction of sp³-hybridized carbons (Fsp3) is 0.643. The maximum absolute atomic E-state index is 11.9. The quantitative estimate of drug-likeness (QED) is 0.547. The van der Waals surface area contributed by atoms with Gasteiger partial charge in [0.2, 0.25) is 0 Å². The summed E-state index contributed by atoms with van der Waals surface area (Å²) in [5, 5.41) is 31.3. The van der Waals surface area contributed by atoms with Gasteiger partial charge in [-0.1, -0.05) is 13.8 Å². The average Bonchev–Trinajstić information content (AvgIpc) is 2.84. The van der Waals surface area contributed by atoms with Crippen molar-refractivity contribution in [3.63, 3.8) is 0 Å². The highest BCUT2D eigenvalue weighted by molar-refractivity contribution is 5.69. The van der Waals surface area contributed by atoms with E-state index in [0.717, 1.165) is 0 Å². The lowest BCUT2D eigenvalue weighted by Gasteiger charge is -2.26. The van der Waals surface area contributed by atoms with Gasteiger partial charge in [0, 0.05) is 5.41 Å². The minimum absolute atomic E-state index is 0.122. The van der Waals surface area contributed by atoms with E-state index < -0.39 is 35.6 Å². The summed E-state index contributed by atoms with van der Waals surface area (Å²) in [5.74, 6) is 0.401. The van der Waals surface area contributed by atoms with Crippen LogP contribution in [0.15, 0.2) is 11.1 Å². The maximum Gasteiger partial charge on any atom is 0.279 e. The molecule has 124 valence electrons. The van der Waals surface area contributed by atoms with Gasteiger partial charge in [0.1, 0.15) is 23.1 Å². The molecule has 1 saturated heterocycles. The third-order valence-corrected chi connectivity index (χ3v) is 5.51. The van der Waals surface area contributed by atoms with Gasteiger partial charge in [-0.25, -0.2) is 9.97 Å². The van der Waals surface area contributed by atoms with E-state index in [9.17, 15) is 20.1 Å². The van der Waals surface area contributed by atoms with Gasteiger partial charge < -0.3 is 25.0 Å². The van der Waals surface area contributed by atoms with Gasteiger partial charge in [0.25, 0.3) is 5.56 Å². The number of H-pyrrole nitrogens is 1. The molecule has 23 heavy (non-hydrogen) atoms.